The fourth-order valence-electron chi connectivity index (χ4n) is 1.84. The highest BCUT2D eigenvalue weighted by atomic mass is 79.9. The molecule has 0 saturated carbocycles. The van der Waals surface area contributed by atoms with E-state index in [0.29, 0.717) is 25.4 Å². The first-order valence-electron chi connectivity index (χ1n) is 6.27. The van der Waals surface area contributed by atoms with Crippen LogP contribution in [0.1, 0.15) is 30.4 Å². The quantitative estimate of drug-likeness (QED) is 0.721. The zero-order chi connectivity index (χ0) is 14.4. The number of ether oxygens (including phenoxy) is 1. The number of carbonyl (C=O) groups is 1. The molecule has 0 atom stereocenters. The van der Waals surface area contributed by atoms with E-state index in [-0.39, 0.29) is 11.9 Å². The molecular weight excluding hydrogens is 308 g/mol. The Labute approximate surface area is 123 Å². The van der Waals surface area contributed by atoms with E-state index in [0.717, 1.165) is 4.47 Å². The van der Waals surface area contributed by atoms with Gasteiger partial charge in [-0.15, -0.1) is 6.58 Å². The predicted molar refractivity (Wildman–Crippen MR) is 80.5 cm³/mol. The number of amides is 1. The highest BCUT2D eigenvalue weighted by molar-refractivity contribution is 9.10. The Bertz CT molecular complexity index is 441. The van der Waals surface area contributed by atoms with Crippen molar-refractivity contribution in [3.63, 3.8) is 0 Å². The van der Waals surface area contributed by atoms with Gasteiger partial charge in [-0.05, 0) is 35.8 Å². The van der Waals surface area contributed by atoms with Crippen LogP contribution >= 0.6 is 15.9 Å². The summed E-state index contributed by atoms with van der Waals surface area (Å²) in [7, 11) is 1.63. The minimum Gasteiger partial charge on any atom is -0.383 e. The van der Waals surface area contributed by atoms with Crippen LogP contribution in [0.3, 0.4) is 0 Å². The maximum absolute atomic E-state index is 12.6. The summed E-state index contributed by atoms with van der Waals surface area (Å²) in [6.07, 6.45) is 3.66. The molecular formula is C14H21BrN2O2. The molecule has 106 valence electrons. The Balaban J connectivity index is 2.98. The minimum absolute atomic E-state index is 0.00338. The summed E-state index contributed by atoms with van der Waals surface area (Å²) >= 11 is 3.42. The average molecular weight is 329 g/mol. The zero-order valence-corrected chi connectivity index (χ0v) is 13.3. The molecule has 0 aliphatic heterocycles. The predicted octanol–water partition coefficient (Wildman–Crippen LogP) is 3.11. The maximum Gasteiger partial charge on any atom is 0.270 e. The molecule has 0 spiro atoms. The molecule has 0 fully saturated rings. The van der Waals surface area contributed by atoms with Crippen LogP contribution in [0.4, 0.5) is 0 Å². The van der Waals surface area contributed by atoms with Gasteiger partial charge in [-0.2, -0.15) is 0 Å². The molecule has 1 aromatic heterocycles. The number of nitrogens with zero attached hydrogens (tertiary/aromatic N) is 2. The Hall–Kier alpha value is -1.07. The van der Waals surface area contributed by atoms with Gasteiger partial charge in [0.05, 0.1) is 6.61 Å². The molecule has 1 heterocycles. The van der Waals surface area contributed by atoms with Crippen molar-refractivity contribution in [3.05, 3.63) is 35.1 Å². The van der Waals surface area contributed by atoms with Crippen LogP contribution in [0.2, 0.25) is 0 Å². The molecule has 19 heavy (non-hydrogen) atoms. The van der Waals surface area contributed by atoms with E-state index in [1.807, 2.05) is 16.8 Å². The van der Waals surface area contributed by atoms with Crippen molar-refractivity contribution in [2.75, 3.05) is 26.8 Å². The van der Waals surface area contributed by atoms with E-state index < -0.39 is 0 Å². The summed E-state index contributed by atoms with van der Waals surface area (Å²) < 4.78 is 7.92. The van der Waals surface area contributed by atoms with Gasteiger partial charge in [-0.25, -0.2) is 0 Å². The smallest absolute Gasteiger partial charge is 0.270 e. The summed E-state index contributed by atoms with van der Waals surface area (Å²) in [5, 5.41) is 0. The van der Waals surface area contributed by atoms with Gasteiger partial charge in [-0.1, -0.05) is 6.08 Å². The van der Waals surface area contributed by atoms with Gasteiger partial charge < -0.3 is 14.2 Å². The molecule has 0 aromatic carbocycles. The van der Waals surface area contributed by atoms with Crippen LogP contribution < -0.4 is 0 Å². The van der Waals surface area contributed by atoms with Crippen LogP contribution in [-0.4, -0.2) is 42.2 Å². The van der Waals surface area contributed by atoms with Crippen molar-refractivity contribution in [3.8, 4) is 0 Å². The third-order valence-corrected chi connectivity index (χ3v) is 3.23. The van der Waals surface area contributed by atoms with Crippen LogP contribution in [0.5, 0.6) is 0 Å². The van der Waals surface area contributed by atoms with Gasteiger partial charge in [0.15, 0.2) is 0 Å². The van der Waals surface area contributed by atoms with Crippen LogP contribution in [0.25, 0.3) is 0 Å². The van der Waals surface area contributed by atoms with E-state index in [9.17, 15) is 4.79 Å². The number of carbonyl (C=O) groups excluding carboxylic acids is 1. The highest BCUT2D eigenvalue weighted by Crippen LogP contribution is 2.20. The number of hydrogen-bond donors (Lipinski definition) is 0. The molecule has 0 aliphatic rings. The van der Waals surface area contributed by atoms with E-state index >= 15 is 0 Å². The Morgan fingerprint density at radius 2 is 2.32 bits per heavy atom. The molecule has 0 unspecified atom stereocenters. The second kappa shape index (κ2) is 7.50. The van der Waals surface area contributed by atoms with E-state index in [2.05, 4.69) is 36.4 Å². The molecule has 1 aromatic rings. The molecule has 4 nitrogen and oxygen atoms in total. The fourth-order valence-corrected chi connectivity index (χ4v) is 2.28. The van der Waals surface area contributed by atoms with Gasteiger partial charge in [0.2, 0.25) is 0 Å². The van der Waals surface area contributed by atoms with E-state index in [1.54, 1.807) is 18.1 Å². The van der Waals surface area contributed by atoms with Crippen molar-refractivity contribution >= 4 is 21.8 Å². The standard InChI is InChI=1S/C14H21BrN2O2/c1-5-6-16(7-8-19-4)14(18)13-9-12(15)10-17(13)11(2)3/h5,9-11H,1,6-8H2,2-4H3. The summed E-state index contributed by atoms with van der Waals surface area (Å²) in [6, 6.07) is 2.09. The number of methoxy groups -OCH3 is 1. The number of halogens is 1. The lowest BCUT2D eigenvalue weighted by atomic mass is 10.3. The van der Waals surface area contributed by atoms with Crippen LogP contribution in [0.15, 0.2) is 29.4 Å². The van der Waals surface area contributed by atoms with Crippen molar-refractivity contribution < 1.29 is 9.53 Å². The van der Waals surface area contributed by atoms with Gasteiger partial charge in [0.25, 0.3) is 5.91 Å². The van der Waals surface area contributed by atoms with E-state index in [4.69, 9.17) is 4.74 Å². The van der Waals surface area contributed by atoms with Crippen LogP contribution in [-0.2, 0) is 4.74 Å². The highest BCUT2D eigenvalue weighted by Gasteiger charge is 2.20. The summed E-state index contributed by atoms with van der Waals surface area (Å²) in [6.45, 7) is 9.39. The van der Waals surface area contributed by atoms with E-state index in [1.165, 1.54) is 0 Å². The van der Waals surface area contributed by atoms with Gasteiger partial charge in [0.1, 0.15) is 5.69 Å². The minimum atomic E-state index is -0.00338. The molecule has 0 aliphatic carbocycles. The second-order valence-corrected chi connectivity index (χ2v) is 5.49. The lowest BCUT2D eigenvalue weighted by Crippen LogP contribution is -2.35. The lowest BCUT2D eigenvalue weighted by Gasteiger charge is -2.22. The maximum atomic E-state index is 12.6. The van der Waals surface area contributed by atoms with Crippen molar-refractivity contribution in [1.29, 1.82) is 0 Å². The topological polar surface area (TPSA) is 34.5 Å². The van der Waals surface area contributed by atoms with Crippen molar-refractivity contribution in [2.24, 2.45) is 0 Å². The van der Waals surface area contributed by atoms with Crippen LogP contribution in [0, 0.1) is 0 Å². The summed E-state index contributed by atoms with van der Waals surface area (Å²) in [5.74, 6) is -0.00338. The first-order chi connectivity index (χ1) is 9.01. The molecule has 0 bridgehead atoms. The molecule has 0 radical (unpaired) electrons. The number of aromatic nitrogens is 1. The lowest BCUT2D eigenvalue weighted by molar-refractivity contribution is 0.0706. The molecule has 0 saturated heterocycles. The third kappa shape index (κ3) is 4.21. The normalized spacial score (nSPS) is 10.8. The molecule has 0 N–H and O–H groups in total. The summed E-state index contributed by atoms with van der Waals surface area (Å²) in [5.41, 5.74) is 0.680. The SMILES string of the molecule is C=CCN(CCOC)C(=O)c1cc(Br)cn1C(C)C. The Morgan fingerprint density at radius 1 is 1.63 bits per heavy atom. The van der Waals surface area contributed by atoms with Crippen molar-refractivity contribution in [1.82, 2.24) is 9.47 Å². The largest absolute Gasteiger partial charge is 0.383 e. The molecule has 1 rings (SSSR count). The van der Waals surface area contributed by atoms with Crippen molar-refractivity contribution in [2.45, 2.75) is 19.9 Å². The zero-order valence-electron chi connectivity index (χ0n) is 11.7. The fraction of sp³-hybridized carbons (Fsp3) is 0.500. The van der Waals surface area contributed by atoms with Gasteiger partial charge in [0, 0.05) is 36.9 Å². The Morgan fingerprint density at radius 3 is 2.84 bits per heavy atom. The number of hydrogen-bond acceptors (Lipinski definition) is 2. The summed E-state index contributed by atoms with van der Waals surface area (Å²) in [4.78, 5) is 14.3. The third-order valence-electron chi connectivity index (χ3n) is 2.79. The molecule has 5 heteroatoms. The second-order valence-electron chi connectivity index (χ2n) is 4.58. The number of rotatable bonds is 7. The molecule has 1 amide bonds. The monoisotopic (exact) mass is 328 g/mol. The Kier molecular flexibility index (Phi) is 6.31. The average Bonchev–Trinajstić information content (AvgIpc) is 2.76. The first kappa shape index (κ1) is 16.0. The van der Waals surface area contributed by atoms with Gasteiger partial charge in [-0.3, -0.25) is 4.79 Å². The first-order valence-corrected chi connectivity index (χ1v) is 7.07. The van der Waals surface area contributed by atoms with Gasteiger partial charge >= 0.3 is 0 Å².